The zero-order valence-electron chi connectivity index (χ0n) is 18.6. The second kappa shape index (κ2) is 11.0. The van der Waals surface area contributed by atoms with Gasteiger partial charge in [-0.2, -0.15) is 0 Å². The number of halogens is 1. The quantitative estimate of drug-likeness (QED) is 0.667. The summed E-state index contributed by atoms with van der Waals surface area (Å²) in [4.78, 5) is 32.0. The smallest absolute Gasteiger partial charge is 0.225 e. The van der Waals surface area contributed by atoms with E-state index in [-0.39, 0.29) is 17.7 Å². The first-order valence-electron chi connectivity index (χ1n) is 11.7. The molecule has 0 radical (unpaired) electrons. The van der Waals surface area contributed by atoms with Gasteiger partial charge in [0, 0.05) is 63.2 Å². The van der Waals surface area contributed by atoms with Crippen molar-refractivity contribution >= 4 is 23.4 Å². The average Bonchev–Trinajstić information content (AvgIpc) is 2.85. The number of benzene rings is 2. The molecule has 2 saturated heterocycles. The molecule has 2 amide bonds. The predicted molar refractivity (Wildman–Crippen MR) is 127 cm³/mol. The maximum Gasteiger partial charge on any atom is 0.225 e. The van der Waals surface area contributed by atoms with Crippen molar-refractivity contribution in [2.75, 3.05) is 39.3 Å². The minimum atomic E-state index is 0.0518. The fourth-order valence-corrected chi connectivity index (χ4v) is 4.79. The molecule has 0 spiro atoms. The molecule has 0 aliphatic carbocycles. The molecule has 170 valence electrons. The third kappa shape index (κ3) is 6.11. The molecule has 0 unspecified atom stereocenters. The van der Waals surface area contributed by atoms with Gasteiger partial charge in [0.25, 0.3) is 0 Å². The zero-order chi connectivity index (χ0) is 22.3. The molecule has 5 nitrogen and oxygen atoms in total. The Hall–Kier alpha value is -2.37. The number of likely N-dealkylation sites (tertiary alicyclic amines) is 1. The van der Waals surface area contributed by atoms with Crippen LogP contribution in [0, 0.1) is 5.92 Å². The van der Waals surface area contributed by atoms with Crippen molar-refractivity contribution in [1.29, 1.82) is 0 Å². The molecule has 0 N–H and O–H groups in total. The molecule has 2 aromatic rings. The number of carbonyl (C=O) groups excluding carboxylic acids is 2. The van der Waals surface area contributed by atoms with E-state index in [2.05, 4.69) is 29.2 Å². The summed E-state index contributed by atoms with van der Waals surface area (Å²) in [5.74, 6) is 0.527. The molecule has 6 heteroatoms. The van der Waals surface area contributed by atoms with Crippen molar-refractivity contribution in [2.45, 2.75) is 32.2 Å². The van der Waals surface area contributed by atoms with Gasteiger partial charge in [-0.1, -0.05) is 54.1 Å². The van der Waals surface area contributed by atoms with E-state index in [1.165, 1.54) is 11.1 Å². The van der Waals surface area contributed by atoms with E-state index in [0.29, 0.717) is 19.5 Å². The topological polar surface area (TPSA) is 43.9 Å². The summed E-state index contributed by atoms with van der Waals surface area (Å²) >= 11 is 5.97. The summed E-state index contributed by atoms with van der Waals surface area (Å²) in [6.45, 7) is 5.63. The third-order valence-corrected chi connectivity index (χ3v) is 6.92. The van der Waals surface area contributed by atoms with Gasteiger partial charge in [0.05, 0.1) is 0 Å². The van der Waals surface area contributed by atoms with Crippen molar-refractivity contribution in [2.24, 2.45) is 5.92 Å². The molecule has 4 rings (SSSR count). The van der Waals surface area contributed by atoms with Crippen molar-refractivity contribution in [3.8, 4) is 0 Å². The van der Waals surface area contributed by atoms with Gasteiger partial charge in [-0.15, -0.1) is 0 Å². The van der Waals surface area contributed by atoms with Crippen molar-refractivity contribution in [1.82, 2.24) is 14.7 Å². The van der Waals surface area contributed by atoms with Crippen LogP contribution in [0.3, 0.4) is 0 Å². The third-order valence-electron chi connectivity index (χ3n) is 6.67. The molecule has 2 fully saturated rings. The van der Waals surface area contributed by atoms with E-state index >= 15 is 0 Å². The summed E-state index contributed by atoms with van der Waals surface area (Å²) in [7, 11) is 0. The summed E-state index contributed by atoms with van der Waals surface area (Å²) in [5.41, 5.74) is 2.44. The number of piperidine rings is 1. The van der Waals surface area contributed by atoms with Crippen LogP contribution in [-0.4, -0.2) is 65.8 Å². The summed E-state index contributed by atoms with van der Waals surface area (Å²) in [6.07, 6.45) is 2.87. The van der Waals surface area contributed by atoms with Gasteiger partial charge < -0.3 is 9.80 Å². The van der Waals surface area contributed by atoms with Gasteiger partial charge in [0.15, 0.2) is 0 Å². The Morgan fingerprint density at radius 3 is 2.09 bits per heavy atom. The lowest BCUT2D eigenvalue weighted by atomic mass is 9.94. The maximum absolute atomic E-state index is 13.0. The summed E-state index contributed by atoms with van der Waals surface area (Å²) in [5, 5.41) is 0.758. The first-order chi connectivity index (χ1) is 15.6. The molecule has 0 aromatic heterocycles. The largest absolute Gasteiger partial charge is 0.343 e. The molecule has 32 heavy (non-hydrogen) atoms. The lowest BCUT2D eigenvalue weighted by Gasteiger charge is -2.38. The van der Waals surface area contributed by atoms with Crippen LogP contribution < -0.4 is 0 Å². The Bertz CT molecular complexity index is 887. The van der Waals surface area contributed by atoms with Crippen LogP contribution in [0.15, 0.2) is 54.6 Å². The molecule has 2 aliphatic rings. The Balaban J connectivity index is 1.17. The van der Waals surface area contributed by atoms with Crippen LogP contribution in [0.4, 0.5) is 0 Å². The molecular weight excluding hydrogens is 422 g/mol. The number of carbonyl (C=O) groups is 2. The van der Waals surface area contributed by atoms with E-state index in [1.54, 1.807) is 0 Å². The highest BCUT2D eigenvalue weighted by Gasteiger charge is 2.31. The molecule has 2 heterocycles. The fraction of sp³-hybridized carbons (Fsp3) is 0.462. The minimum absolute atomic E-state index is 0.0518. The maximum atomic E-state index is 13.0. The van der Waals surface area contributed by atoms with Crippen LogP contribution in [0.5, 0.6) is 0 Å². The lowest BCUT2D eigenvalue weighted by molar-refractivity contribution is -0.142. The van der Waals surface area contributed by atoms with Gasteiger partial charge in [-0.25, -0.2) is 0 Å². The van der Waals surface area contributed by atoms with Gasteiger partial charge in [0.2, 0.25) is 11.8 Å². The number of nitrogens with zero attached hydrogens (tertiary/aromatic N) is 3. The highest BCUT2D eigenvalue weighted by atomic mass is 35.5. The molecule has 0 saturated carbocycles. The van der Waals surface area contributed by atoms with Crippen molar-refractivity contribution in [3.05, 3.63) is 70.7 Å². The first kappa shape index (κ1) is 22.8. The van der Waals surface area contributed by atoms with Crippen LogP contribution >= 0.6 is 11.6 Å². The van der Waals surface area contributed by atoms with Gasteiger partial charge in [-0.3, -0.25) is 14.5 Å². The van der Waals surface area contributed by atoms with Crippen LogP contribution in [0.2, 0.25) is 5.02 Å². The number of amides is 2. The van der Waals surface area contributed by atoms with Gasteiger partial charge in [0.1, 0.15) is 0 Å². The lowest BCUT2D eigenvalue weighted by Crippen LogP contribution is -2.51. The number of hydrogen-bond donors (Lipinski definition) is 0. The second-order valence-electron chi connectivity index (χ2n) is 8.87. The Kier molecular flexibility index (Phi) is 7.82. The summed E-state index contributed by atoms with van der Waals surface area (Å²) < 4.78 is 0. The van der Waals surface area contributed by atoms with Crippen LogP contribution in [0.25, 0.3) is 0 Å². The van der Waals surface area contributed by atoms with Gasteiger partial charge >= 0.3 is 0 Å². The average molecular weight is 454 g/mol. The van der Waals surface area contributed by atoms with E-state index in [1.807, 2.05) is 40.1 Å². The Morgan fingerprint density at radius 2 is 1.44 bits per heavy atom. The molecule has 2 aliphatic heterocycles. The number of piperazine rings is 1. The van der Waals surface area contributed by atoms with E-state index in [4.69, 9.17) is 11.6 Å². The summed E-state index contributed by atoms with van der Waals surface area (Å²) in [6, 6.07) is 18.1. The molecule has 2 aromatic carbocycles. The van der Waals surface area contributed by atoms with Crippen LogP contribution in [-0.2, 0) is 22.6 Å². The second-order valence-corrected chi connectivity index (χ2v) is 9.30. The fourth-order valence-electron chi connectivity index (χ4n) is 4.66. The van der Waals surface area contributed by atoms with Gasteiger partial charge in [-0.05, 0) is 42.5 Å². The molecular formula is C26H32ClN3O2. The highest BCUT2D eigenvalue weighted by Crippen LogP contribution is 2.22. The van der Waals surface area contributed by atoms with Crippen molar-refractivity contribution in [3.63, 3.8) is 0 Å². The van der Waals surface area contributed by atoms with E-state index in [9.17, 15) is 9.59 Å². The SMILES string of the molecule is O=C(CCc1ccccc1)N1CCC(C(=O)N2CCN(Cc3ccc(Cl)cc3)CC2)CC1. The van der Waals surface area contributed by atoms with E-state index in [0.717, 1.165) is 57.0 Å². The van der Waals surface area contributed by atoms with Crippen molar-refractivity contribution < 1.29 is 9.59 Å². The molecule has 0 bridgehead atoms. The Morgan fingerprint density at radius 1 is 0.781 bits per heavy atom. The first-order valence-corrected chi connectivity index (χ1v) is 12.0. The minimum Gasteiger partial charge on any atom is -0.343 e. The standard InChI is InChI=1S/C26H32ClN3O2/c27-24-9-6-22(7-10-24)20-28-16-18-30(19-17-28)26(32)23-12-14-29(15-13-23)25(31)11-8-21-4-2-1-3-5-21/h1-7,9-10,23H,8,11-20H2. The molecule has 0 atom stereocenters. The number of rotatable bonds is 6. The number of aryl methyl sites for hydroxylation is 1. The number of hydrogen-bond acceptors (Lipinski definition) is 3. The van der Waals surface area contributed by atoms with Crippen LogP contribution in [0.1, 0.15) is 30.4 Å². The normalized spacial score (nSPS) is 18.0. The Labute approximate surface area is 195 Å². The predicted octanol–water partition coefficient (Wildman–Crippen LogP) is 3.86. The van der Waals surface area contributed by atoms with E-state index < -0.39 is 0 Å². The highest BCUT2D eigenvalue weighted by molar-refractivity contribution is 6.30. The zero-order valence-corrected chi connectivity index (χ0v) is 19.3. The monoisotopic (exact) mass is 453 g/mol.